The van der Waals surface area contributed by atoms with Gasteiger partial charge in [0.05, 0.1) is 6.54 Å². The maximum absolute atomic E-state index is 12.4. The zero-order chi connectivity index (χ0) is 14.0. The third-order valence-electron chi connectivity index (χ3n) is 3.59. The molecule has 2 aliphatic heterocycles. The van der Waals surface area contributed by atoms with Crippen LogP contribution in [-0.4, -0.2) is 47.0 Å². The van der Waals surface area contributed by atoms with Gasteiger partial charge in [-0.25, -0.2) is 4.79 Å². The Morgan fingerprint density at radius 1 is 1.30 bits per heavy atom. The Labute approximate surface area is 121 Å². The molecule has 2 saturated heterocycles. The second-order valence-corrected chi connectivity index (χ2v) is 6.04. The van der Waals surface area contributed by atoms with Gasteiger partial charge < -0.3 is 10.1 Å². The molecule has 2 heterocycles. The Morgan fingerprint density at radius 2 is 2.10 bits per heavy atom. The van der Waals surface area contributed by atoms with Crippen LogP contribution in [-0.2, 0) is 4.79 Å². The van der Waals surface area contributed by atoms with E-state index in [1.54, 1.807) is 11.8 Å². The van der Waals surface area contributed by atoms with Gasteiger partial charge in [0.2, 0.25) is 0 Å². The Bertz CT molecular complexity index is 514. The number of urea groups is 1. The Balaban J connectivity index is 1.58. The molecular weight excluding hydrogens is 276 g/mol. The Morgan fingerprint density at radius 3 is 2.80 bits per heavy atom. The summed E-state index contributed by atoms with van der Waals surface area (Å²) in [6, 6.07) is 9.07. The molecule has 0 bridgehead atoms. The van der Waals surface area contributed by atoms with Crippen LogP contribution in [0, 0.1) is 0 Å². The third-order valence-corrected chi connectivity index (χ3v) is 4.78. The number of thioether (sulfide) groups is 1. The molecule has 2 aliphatic rings. The van der Waals surface area contributed by atoms with E-state index >= 15 is 0 Å². The van der Waals surface area contributed by atoms with Gasteiger partial charge in [-0.2, -0.15) is 11.8 Å². The van der Waals surface area contributed by atoms with Crippen LogP contribution in [0.4, 0.5) is 4.79 Å². The zero-order valence-electron chi connectivity index (χ0n) is 11.0. The second kappa shape index (κ2) is 5.36. The van der Waals surface area contributed by atoms with Crippen LogP contribution in [0.1, 0.15) is 6.42 Å². The van der Waals surface area contributed by atoms with Gasteiger partial charge in [-0.1, -0.05) is 18.2 Å². The van der Waals surface area contributed by atoms with Gasteiger partial charge >= 0.3 is 6.03 Å². The number of para-hydroxylation sites is 1. The smallest absolute Gasteiger partial charge is 0.325 e. The molecule has 20 heavy (non-hydrogen) atoms. The van der Waals surface area contributed by atoms with Gasteiger partial charge in [-0.05, 0) is 24.3 Å². The van der Waals surface area contributed by atoms with Crippen molar-refractivity contribution in [3.05, 3.63) is 30.3 Å². The first-order chi connectivity index (χ1) is 9.71. The minimum Gasteiger partial charge on any atom is -0.492 e. The van der Waals surface area contributed by atoms with Gasteiger partial charge in [0.1, 0.15) is 17.9 Å². The highest BCUT2D eigenvalue weighted by molar-refractivity contribution is 7.99. The molecule has 1 spiro atoms. The van der Waals surface area contributed by atoms with E-state index in [2.05, 4.69) is 5.32 Å². The van der Waals surface area contributed by atoms with E-state index in [1.165, 1.54) is 4.90 Å². The number of hydrogen-bond donors (Lipinski definition) is 1. The summed E-state index contributed by atoms with van der Waals surface area (Å²) in [4.78, 5) is 25.5. The van der Waals surface area contributed by atoms with Crippen molar-refractivity contribution in [2.24, 2.45) is 0 Å². The zero-order valence-corrected chi connectivity index (χ0v) is 11.8. The average molecular weight is 292 g/mol. The lowest BCUT2D eigenvalue weighted by Crippen LogP contribution is -2.47. The van der Waals surface area contributed by atoms with Gasteiger partial charge in [0, 0.05) is 5.75 Å². The molecule has 1 aromatic carbocycles. The predicted octanol–water partition coefficient (Wildman–Crippen LogP) is 1.49. The number of benzene rings is 1. The summed E-state index contributed by atoms with van der Waals surface area (Å²) >= 11 is 1.71. The van der Waals surface area contributed by atoms with E-state index in [0.29, 0.717) is 12.4 Å². The maximum atomic E-state index is 12.4. The molecule has 3 rings (SSSR count). The lowest BCUT2D eigenvalue weighted by atomic mass is 9.99. The van der Waals surface area contributed by atoms with Crippen molar-refractivity contribution >= 4 is 23.7 Å². The number of carbonyl (C=O) groups excluding carboxylic acids is 2. The van der Waals surface area contributed by atoms with Crippen molar-refractivity contribution in [2.45, 2.75) is 12.0 Å². The molecule has 6 heteroatoms. The number of imide groups is 1. The number of hydrogen-bond acceptors (Lipinski definition) is 4. The molecule has 0 radical (unpaired) electrons. The quantitative estimate of drug-likeness (QED) is 0.854. The average Bonchev–Trinajstić information content (AvgIpc) is 3.01. The fraction of sp³-hybridized carbons (Fsp3) is 0.429. The van der Waals surface area contributed by atoms with Crippen molar-refractivity contribution in [2.75, 3.05) is 24.7 Å². The molecule has 106 valence electrons. The highest BCUT2D eigenvalue weighted by Crippen LogP contribution is 2.33. The fourth-order valence-corrected chi connectivity index (χ4v) is 3.81. The second-order valence-electron chi connectivity index (χ2n) is 4.93. The van der Waals surface area contributed by atoms with E-state index in [9.17, 15) is 9.59 Å². The van der Waals surface area contributed by atoms with E-state index in [-0.39, 0.29) is 18.5 Å². The summed E-state index contributed by atoms with van der Waals surface area (Å²) in [5.41, 5.74) is -0.658. The number of ether oxygens (including phenoxy) is 1. The Kier molecular flexibility index (Phi) is 3.56. The van der Waals surface area contributed by atoms with E-state index in [0.717, 1.165) is 17.9 Å². The van der Waals surface area contributed by atoms with E-state index in [1.807, 2.05) is 30.3 Å². The van der Waals surface area contributed by atoms with Crippen molar-refractivity contribution in [1.82, 2.24) is 10.2 Å². The lowest BCUT2D eigenvalue weighted by molar-refractivity contribution is -0.130. The first-order valence-corrected chi connectivity index (χ1v) is 7.76. The highest BCUT2D eigenvalue weighted by Gasteiger charge is 2.52. The van der Waals surface area contributed by atoms with Crippen molar-refractivity contribution < 1.29 is 14.3 Å². The summed E-state index contributed by atoms with van der Waals surface area (Å²) < 4.78 is 5.54. The topological polar surface area (TPSA) is 58.6 Å². The SMILES string of the molecule is O=C1N[C@@]2(CCSC2)C(=O)N1CCOc1ccccc1. The first kappa shape index (κ1) is 13.3. The summed E-state index contributed by atoms with van der Waals surface area (Å²) in [6.07, 6.45) is 0.721. The number of amides is 3. The molecule has 0 saturated carbocycles. The molecule has 0 aliphatic carbocycles. The predicted molar refractivity (Wildman–Crippen MR) is 76.9 cm³/mol. The molecule has 1 aromatic rings. The van der Waals surface area contributed by atoms with E-state index in [4.69, 9.17) is 4.74 Å². The number of rotatable bonds is 4. The largest absolute Gasteiger partial charge is 0.492 e. The number of nitrogens with zero attached hydrogens (tertiary/aromatic N) is 1. The molecule has 3 amide bonds. The number of carbonyl (C=O) groups is 2. The molecule has 1 atom stereocenters. The molecule has 0 aromatic heterocycles. The minimum absolute atomic E-state index is 0.107. The van der Waals surface area contributed by atoms with Crippen molar-refractivity contribution in [3.63, 3.8) is 0 Å². The van der Waals surface area contributed by atoms with Gasteiger partial charge in [0.15, 0.2) is 0 Å². The molecular formula is C14H16N2O3S. The minimum atomic E-state index is -0.658. The summed E-state index contributed by atoms with van der Waals surface area (Å²) in [5.74, 6) is 2.23. The molecule has 1 N–H and O–H groups in total. The van der Waals surface area contributed by atoms with Crippen LogP contribution in [0.2, 0.25) is 0 Å². The lowest BCUT2D eigenvalue weighted by Gasteiger charge is -2.19. The maximum Gasteiger partial charge on any atom is 0.325 e. The van der Waals surface area contributed by atoms with Gasteiger partial charge in [-0.3, -0.25) is 9.69 Å². The standard InChI is InChI=1S/C14H16N2O3S/c17-12-14(6-9-20-10-14)15-13(18)16(12)7-8-19-11-4-2-1-3-5-11/h1-5H,6-10H2,(H,15,18)/t14-/m1/s1. The molecule has 5 nitrogen and oxygen atoms in total. The molecule has 2 fully saturated rings. The van der Waals surface area contributed by atoms with E-state index < -0.39 is 5.54 Å². The Hall–Kier alpha value is -1.69. The van der Waals surface area contributed by atoms with Crippen LogP contribution >= 0.6 is 11.8 Å². The highest BCUT2D eigenvalue weighted by atomic mass is 32.2. The van der Waals surface area contributed by atoms with Crippen LogP contribution in [0.3, 0.4) is 0 Å². The first-order valence-electron chi connectivity index (χ1n) is 6.61. The van der Waals surface area contributed by atoms with Crippen LogP contribution < -0.4 is 10.1 Å². The summed E-state index contributed by atoms with van der Waals surface area (Å²) in [5, 5.41) is 2.84. The number of nitrogens with one attached hydrogen (secondary N) is 1. The normalized spacial score (nSPS) is 25.3. The monoisotopic (exact) mass is 292 g/mol. The van der Waals surface area contributed by atoms with Crippen molar-refractivity contribution in [3.8, 4) is 5.75 Å². The summed E-state index contributed by atoms with van der Waals surface area (Å²) in [6.45, 7) is 0.596. The van der Waals surface area contributed by atoms with Gasteiger partial charge in [0.25, 0.3) is 5.91 Å². The van der Waals surface area contributed by atoms with Crippen molar-refractivity contribution in [1.29, 1.82) is 0 Å². The molecule has 0 unspecified atom stereocenters. The summed E-state index contributed by atoms with van der Waals surface area (Å²) in [7, 11) is 0. The fourth-order valence-electron chi connectivity index (χ4n) is 2.48. The van der Waals surface area contributed by atoms with Crippen LogP contribution in [0.15, 0.2) is 30.3 Å². The third kappa shape index (κ3) is 2.35. The van der Waals surface area contributed by atoms with Gasteiger partial charge in [-0.15, -0.1) is 0 Å². The van der Waals surface area contributed by atoms with Crippen LogP contribution in [0.5, 0.6) is 5.75 Å². The van der Waals surface area contributed by atoms with Crippen LogP contribution in [0.25, 0.3) is 0 Å².